The highest BCUT2D eigenvalue weighted by Crippen LogP contribution is 2.41. The number of hydrogen-bond acceptors (Lipinski definition) is 6. The summed E-state index contributed by atoms with van der Waals surface area (Å²) in [4.78, 5) is 12.9. The lowest BCUT2D eigenvalue weighted by Gasteiger charge is -2.46. The van der Waals surface area contributed by atoms with Crippen molar-refractivity contribution >= 4 is 5.78 Å². The normalized spacial score (nSPS) is 40.3. The minimum absolute atomic E-state index is 0.0774. The van der Waals surface area contributed by atoms with Crippen molar-refractivity contribution < 1.29 is 30.0 Å². The maximum Gasteiger partial charge on any atom is 0.138 e. The summed E-state index contributed by atoms with van der Waals surface area (Å²) in [6.07, 6.45) is 3.06. The van der Waals surface area contributed by atoms with Crippen LogP contribution in [-0.2, 0) is 9.53 Å². The Hall–Kier alpha value is -0.530. The summed E-state index contributed by atoms with van der Waals surface area (Å²) in [5.41, 5.74) is 0. The average molecular weight is 387 g/mol. The molecule has 2 aliphatic rings. The molecule has 1 aliphatic carbocycles. The first-order chi connectivity index (χ1) is 12.9. The van der Waals surface area contributed by atoms with Crippen molar-refractivity contribution in [3.63, 3.8) is 0 Å². The molecule has 2 fully saturated rings. The van der Waals surface area contributed by atoms with Gasteiger partial charge in [-0.25, -0.2) is 0 Å². The molecular formula is C21H38O6. The molecule has 4 unspecified atom stereocenters. The van der Waals surface area contributed by atoms with Crippen LogP contribution >= 0.6 is 0 Å². The third-order valence-corrected chi connectivity index (χ3v) is 6.53. The molecule has 0 spiro atoms. The highest BCUT2D eigenvalue weighted by molar-refractivity contribution is 5.82. The second-order valence-electron chi connectivity index (χ2n) is 8.46. The molecule has 2 rings (SSSR count). The Morgan fingerprint density at radius 1 is 0.926 bits per heavy atom. The molecule has 1 saturated carbocycles. The number of ether oxygens (including phenoxy) is 1. The van der Waals surface area contributed by atoms with Crippen molar-refractivity contribution in [2.75, 3.05) is 6.61 Å². The van der Waals surface area contributed by atoms with Gasteiger partial charge in [-0.2, -0.15) is 0 Å². The number of carbonyl (C=O) groups excluding carboxylic acids is 1. The van der Waals surface area contributed by atoms with Crippen molar-refractivity contribution in [2.24, 2.45) is 17.8 Å². The van der Waals surface area contributed by atoms with Crippen LogP contribution in [0.2, 0.25) is 0 Å². The number of aliphatic hydroxyl groups excluding tert-OH is 4. The van der Waals surface area contributed by atoms with Gasteiger partial charge in [0.25, 0.3) is 0 Å². The summed E-state index contributed by atoms with van der Waals surface area (Å²) >= 11 is 0. The van der Waals surface area contributed by atoms with E-state index >= 15 is 0 Å². The first kappa shape index (κ1) is 22.8. The third kappa shape index (κ3) is 5.51. The van der Waals surface area contributed by atoms with E-state index in [9.17, 15) is 25.2 Å². The minimum atomic E-state index is -1.41. The summed E-state index contributed by atoms with van der Waals surface area (Å²) in [6.45, 7) is 3.88. The molecule has 1 heterocycles. The Bertz CT molecular complexity index is 454. The van der Waals surface area contributed by atoms with Crippen LogP contribution in [0, 0.1) is 17.8 Å². The Balaban J connectivity index is 2.10. The van der Waals surface area contributed by atoms with Gasteiger partial charge in [-0.15, -0.1) is 0 Å². The summed E-state index contributed by atoms with van der Waals surface area (Å²) in [5.74, 6) is 0.391. The summed E-state index contributed by atoms with van der Waals surface area (Å²) in [6, 6.07) is 0. The molecule has 1 aliphatic heterocycles. The number of unbranched alkanes of at least 4 members (excludes halogenated alkanes) is 3. The number of hydrogen-bond donors (Lipinski definition) is 4. The fourth-order valence-electron chi connectivity index (χ4n) is 4.82. The molecule has 1 saturated heterocycles. The molecule has 0 amide bonds. The lowest BCUT2D eigenvalue weighted by atomic mass is 9.67. The number of carbonyl (C=O) groups is 1. The number of Topliss-reactive ketones (excluding diaryl/α,β-unsaturated/α-hetero) is 1. The predicted octanol–water partition coefficient (Wildman–Crippen LogP) is 1.81. The number of rotatable bonds is 9. The molecule has 0 aromatic rings. The van der Waals surface area contributed by atoms with Gasteiger partial charge in [0, 0.05) is 12.3 Å². The largest absolute Gasteiger partial charge is 0.394 e. The van der Waals surface area contributed by atoms with Gasteiger partial charge in [0.05, 0.1) is 12.7 Å². The van der Waals surface area contributed by atoms with E-state index in [1.807, 2.05) is 0 Å². The monoisotopic (exact) mass is 386 g/mol. The molecule has 6 nitrogen and oxygen atoms in total. The fraction of sp³-hybridized carbons (Fsp3) is 0.952. The Kier molecular flexibility index (Phi) is 9.16. The lowest BCUT2D eigenvalue weighted by Crippen LogP contribution is -2.61. The number of aliphatic hydroxyl groups is 4. The van der Waals surface area contributed by atoms with E-state index in [-0.39, 0.29) is 5.78 Å². The van der Waals surface area contributed by atoms with Crippen molar-refractivity contribution in [3.05, 3.63) is 0 Å². The molecule has 0 aromatic carbocycles. The smallest absolute Gasteiger partial charge is 0.138 e. The Morgan fingerprint density at radius 2 is 1.59 bits per heavy atom. The first-order valence-electron chi connectivity index (χ1n) is 10.8. The zero-order valence-electron chi connectivity index (χ0n) is 16.8. The average Bonchev–Trinajstić information content (AvgIpc) is 2.66. The second-order valence-corrected chi connectivity index (χ2v) is 8.46. The van der Waals surface area contributed by atoms with E-state index in [0.29, 0.717) is 24.7 Å². The summed E-state index contributed by atoms with van der Waals surface area (Å²) in [5, 5.41) is 39.9. The molecule has 158 valence electrons. The summed E-state index contributed by atoms with van der Waals surface area (Å²) in [7, 11) is 0. The lowest BCUT2D eigenvalue weighted by molar-refractivity contribution is -0.242. The van der Waals surface area contributed by atoms with Crippen molar-refractivity contribution in [3.8, 4) is 0 Å². The quantitative estimate of drug-likeness (QED) is 0.450. The first-order valence-corrected chi connectivity index (χ1v) is 10.8. The van der Waals surface area contributed by atoms with Gasteiger partial charge in [0.1, 0.15) is 30.2 Å². The van der Waals surface area contributed by atoms with E-state index in [0.717, 1.165) is 38.5 Å². The SMILES string of the molecule is CCCCC[C@H]1CC(=O)[C@H]([C@H]2OC(CO)C(O)C(O)C2O)C[C@H]1CCCC. The van der Waals surface area contributed by atoms with E-state index in [1.165, 1.54) is 6.42 Å². The molecule has 6 heteroatoms. The van der Waals surface area contributed by atoms with Crippen LogP contribution < -0.4 is 0 Å². The van der Waals surface area contributed by atoms with Crippen molar-refractivity contribution in [1.29, 1.82) is 0 Å². The van der Waals surface area contributed by atoms with E-state index in [2.05, 4.69) is 13.8 Å². The van der Waals surface area contributed by atoms with E-state index in [4.69, 9.17) is 4.74 Å². The topological polar surface area (TPSA) is 107 Å². The van der Waals surface area contributed by atoms with Gasteiger partial charge >= 0.3 is 0 Å². The van der Waals surface area contributed by atoms with Crippen LogP contribution in [0.3, 0.4) is 0 Å². The second kappa shape index (κ2) is 10.9. The van der Waals surface area contributed by atoms with Crippen LogP contribution in [0.15, 0.2) is 0 Å². The van der Waals surface area contributed by atoms with E-state index < -0.39 is 43.0 Å². The highest BCUT2D eigenvalue weighted by atomic mass is 16.5. The van der Waals surface area contributed by atoms with Crippen molar-refractivity contribution in [2.45, 2.75) is 102 Å². The van der Waals surface area contributed by atoms with Crippen LogP contribution in [0.25, 0.3) is 0 Å². The molecule has 0 radical (unpaired) electrons. The summed E-state index contributed by atoms with van der Waals surface area (Å²) < 4.78 is 5.70. The van der Waals surface area contributed by atoms with Crippen molar-refractivity contribution in [1.82, 2.24) is 0 Å². The van der Waals surface area contributed by atoms with Gasteiger partial charge < -0.3 is 25.2 Å². The molecule has 4 N–H and O–H groups in total. The van der Waals surface area contributed by atoms with Gasteiger partial charge in [0.15, 0.2) is 0 Å². The molecule has 8 atom stereocenters. The van der Waals surface area contributed by atoms with Crippen LogP contribution in [0.1, 0.15) is 71.6 Å². The van der Waals surface area contributed by atoms with Gasteiger partial charge in [-0.05, 0) is 24.7 Å². The molecule has 0 aromatic heterocycles. The van der Waals surface area contributed by atoms with Crippen LogP contribution in [0.4, 0.5) is 0 Å². The van der Waals surface area contributed by atoms with Gasteiger partial charge in [0.2, 0.25) is 0 Å². The number of ketones is 1. The fourth-order valence-corrected chi connectivity index (χ4v) is 4.82. The van der Waals surface area contributed by atoms with E-state index in [1.54, 1.807) is 0 Å². The van der Waals surface area contributed by atoms with Crippen LogP contribution in [0.5, 0.6) is 0 Å². The highest BCUT2D eigenvalue weighted by Gasteiger charge is 2.50. The predicted molar refractivity (Wildman–Crippen MR) is 102 cm³/mol. The Labute approximate surface area is 162 Å². The maximum absolute atomic E-state index is 12.9. The zero-order chi connectivity index (χ0) is 20.0. The molecular weight excluding hydrogens is 348 g/mol. The maximum atomic E-state index is 12.9. The Morgan fingerprint density at radius 3 is 2.22 bits per heavy atom. The molecule has 27 heavy (non-hydrogen) atoms. The van der Waals surface area contributed by atoms with Gasteiger partial charge in [-0.1, -0.05) is 52.4 Å². The third-order valence-electron chi connectivity index (χ3n) is 6.53. The standard InChI is InChI=1S/C21H38O6/c1-3-5-7-9-14-11-16(23)15(10-13(14)8-6-4-2)21-20(26)19(25)18(24)17(12-22)27-21/h13-15,17-22,24-26H,3-12H2,1-2H3/t13-,14+,15-,17?,18?,19?,20?,21-/m1/s1. The minimum Gasteiger partial charge on any atom is -0.394 e. The van der Waals surface area contributed by atoms with Crippen LogP contribution in [-0.4, -0.2) is 63.3 Å². The van der Waals surface area contributed by atoms with Gasteiger partial charge in [-0.3, -0.25) is 4.79 Å². The zero-order valence-corrected chi connectivity index (χ0v) is 16.8. The molecule has 0 bridgehead atoms.